The Hall–Kier alpha value is -2.75. The Morgan fingerprint density at radius 3 is 2.83 bits per heavy atom. The molecule has 1 aromatic heterocycles. The SMILES string of the molecule is Cc1ccc(CC(=O)Nc2sc3c(c2C#N)CCN(CC2=CC(F)=CCC2)C3)cc1. The van der Waals surface area contributed by atoms with E-state index in [1.165, 1.54) is 11.3 Å². The van der Waals surface area contributed by atoms with E-state index in [0.717, 1.165) is 66.0 Å². The number of halogens is 1. The van der Waals surface area contributed by atoms with Gasteiger partial charge in [-0.3, -0.25) is 9.69 Å². The maximum atomic E-state index is 13.5. The molecule has 4 nitrogen and oxygen atoms in total. The van der Waals surface area contributed by atoms with Crippen molar-refractivity contribution in [2.24, 2.45) is 0 Å². The van der Waals surface area contributed by atoms with Gasteiger partial charge in [-0.2, -0.15) is 5.26 Å². The van der Waals surface area contributed by atoms with Crippen LogP contribution in [0.4, 0.5) is 9.39 Å². The number of fused-ring (bicyclic) bond motifs is 1. The number of benzene rings is 1. The number of amides is 1. The zero-order valence-corrected chi connectivity index (χ0v) is 17.8. The predicted molar refractivity (Wildman–Crippen MR) is 118 cm³/mol. The first-order chi connectivity index (χ1) is 14.5. The monoisotopic (exact) mass is 421 g/mol. The number of carbonyl (C=O) groups is 1. The van der Waals surface area contributed by atoms with E-state index in [2.05, 4.69) is 16.3 Å². The summed E-state index contributed by atoms with van der Waals surface area (Å²) < 4.78 is 13.5. The first-order valence-electron chi connectivity index (χ1n) is 10.2. The first-order valence-corrected chi connectivity index (χ1v) is 11.0. The van der Waals surface area contributed by atoms with Gasteiger partial charge in [0.1, 0.15) is 16.9 Å². The van der Waals surface area contributed by atoms with Crippen molar-refractivity contribution in [3.8, 4) is 6.07 Å². The number of anilines is 1. The molecule has 1 amide bonds. The topological polar surface area (TPSA) is 56.1 Å². The summed E-state index contributed by atoms with van der Waals surface area (Å²) in [6, 6.07) is 10.2. The molecule has 4 rings (SSSR count). The average molecular weight is 422 g/mol. The summed E-state index contributed by atoms with van der Waals surface area (Å²) in [7, 11) is 0. The van der Waals surface area contributed by atoms with E-state index in [-0.39, 0.29) is 18.2 Å². The zero-order chi connectivity index (χ0) is 21.1. The largest absolute Gasteiger partial charge is 0.316 e. The Morgan fingerprint density at radius 2 is 2.10 bits per heavy atom. The van der Waals surface area contributed by atoms with Crippen LogP contribution in [0, 0.1) is 18.3 Å². The van der Waals surface area contributed by atoms with Crippen molar-refractivity contribution >= 4 is 22.2 Å². The lowest BCUT2D eigenvalue weighted by atomic mass is 10.0. The maximum absolute atomic E-state index is 13.5. The highest BCUT2D eigenvalue weighted by atomic mass is 32.1. The van der Waals surface area contributed by atoms with Gasteiger partial charge in [0.05, 0.1) is 12.0 Å². The fraction of sp³-hybridized carbons (Fsp3) is 0.333. The second-order valence-electron chi connectivity index (χ2n) is 7.92. The van der Waals surface area contributed by atoms with Crippen LogP contribution < -0.4 is 5.32 Å². The molecule has 1 N–H and O–H groups in total. The predicted octanol–water partition coefficient (Wildman–Crippen LogP) is 5.04. The second-order valence-corrected chi connectivity index (χ2v) is 9.03. The third kappa shape index (κ3) is 4.69. The Balaban J connectivity index is 1.44. The van der Waals surface area contributed by atoms with Gasteiger partial charge >= 0.3 is 0 Å². The number of rotatable bonds is 5. The van der Waals surface area contributed by atoms with Crippen LogP contribution >= 0.6 is 11.3 Å². The number of nitrogens with zero attached hydrogens (tertiary/aromatic N) is 2. The number of nitrogens with one attached hydrogen (secondary N) is 1. The molecule has 30 heavy (non-hydrogen) atoms. The Bertz CT molecular complexity index is 1060. The molecule has 0 radical (unpaired) electrons. The summed E-state index contributed by atoms with van der Waals surface area (Å²) in [5.74, 6) is -0.254. The summed E-state index contributed by atoms with van der Waals surface area (Å²) in [6.45, 7) is 4.32. The number of nitriles is 1. The highest BCUT2D eigenvalue weighted by molar-refractivity contribution is 7.16. The van der Waals surface area contributed by atoms with E-state index in [9.17, 15) is 14.4 Å². The molecule has 0 unspecified atom stereocenters. The lowest BCUT2D eigenvalue weighted by Crippen LogP contribution is -2.31. The van der Waals surface area contributed by atoms with Crippen LogP contribution in [-0.2, 0) is 24.2 Å². The quantitative estimate of drug-likeness (QED) is 0.736. The van der Waals surface area contributed by atoms with Gasteiger partial charge in [-0.1, -0.05) is 35.4 Å². The van der Waals surface area contributed by atoms with Crippen LogP contribution in [0.15, 0.2) is 47.8 Å². The third-order valence-corrected chi connectivity index (χ3v) is 6.69. The van der Waals surface area contributed by atoms with Gasteiger partial charge in [-0.25, -0.2) is 4.39 Å². The van der Waals surface area contributed by atoms with Crippen molar-refractivity contribution in [1.82, 2.24) is 4.90 Å². The van der Waals surface area contributed by atoms with Crippen molar-refractivity contribution in [2.45, 2.75) is 39.2 Å². The molecule has 2 aliphatic rings. The van der Waals surface area contributed by atoms with Crippen molar-refractivity contribution in [2.75, 3.05) is 18.4 Å². The highest BCUT2D eigenvalue weighted by Gasteiger charge is 2.26. The molecular weight excluding hydrogens is 397 g/mol. The molecule has 0 saturated carbocycles. The van der Waals surface area contributed by atoms with Gasteiger partial charge in [0.15, 0.2) is 0 Å². The van der Waals surface area contributed by atoms with Gasteiger partial charge in [0.2, 0.25) is 5.91 Å². The molecule has 154 valence electrons. The van der Waals surface area contributed by atoms with Crippen molar-refractivity contribution in [1.29, 1.82) is 5.26 Å². The standard InChI is InChI=1S/C24H24FN3OS/c1-16-5-7-17(8-6-16)12-23(29)27-24-21(13-26)20-9-10-28(15-22(20)30-24)14-18-3-2-4-19(25)11-18/h4-8,11H,2-3,9-10,12,14-15H2,1H3,(H,27,29). The summed E-state index contributed by atoms with van der Waals surface area (Å²) in [6.07, 6.45) is 5.98. The van der Waals surface area contributed by atoms with Gasteiger partial charge < -0.3 is 5.32 Å². The molecule has 0 spiro atoms. The van der Waals surface area contributed by atoms with Crippen molar-refractivity contribution in [3.63, 3.8) is 0 Å². The molecule has 0 bridgehead atoms. The number of carbonyl (C=O) groups excluding carboxylic acids is 1. The highest BCUT2D eigenvalue weighted by Crippen LogP contribution is 2.37. The summed E-state index contributed by atoms with van der Waals surface area (Å²) in [5.41, 5.74) is 4.86. The fourth-order valence-corrected chi connectivity index (χ4v) is 5.25. The molecule has 0 fully saturated rings. The van der Waals surface area contributed by atoms with Crippen LogP contribution in [0.3, 0.4) is 0 Å². The van der Waals surface area contributed by atoms with Crippen molar-refractivity contribution < 1.29 is 9.18 Å². The van der Waals surface area contributed by atoms with E-state index in [1.54, 1.807) is 12.2 Å². The minimum Gasteiger partial charge on any atom is -0.316 e. The molecule has 1 aliphatic carbocycles. The molecule has 6 heteroatoms. The maximum Gasteiger partial charge on any atom is 0.229 e. The molecule has 0 saturated heterocycles. The lowest BCUT2D eigenvalue weighted by molar-refractivity contribution is -0.115. The zero-order valence-electron chi connectivity index (χ0n) is 17.0. The van der Waals surface area contributed by atoms with Crippen LogP contribution in [0.2, 0.25) is 0 Å². The van der Waals surface area contributed by atoms with E-state index < -0.39 is 0 Å². The number of hydrogen-bond acceptors (Lipinski definition) is 4. The molecule has 2 aromatic rings. The minimum atomic E-state index is -0.143. The average Bonchev–Trinajstić information content (AvgIpc) is 3.05. The number of thiophene rings is 1. The minimum absolute atomic E-state index is 0.111. The van der Waals surface area contributed by atoms with Crippen LogP contribution in [-0.4, -0.2) is 23.9 Å². The molecule has 0 atom stereocenters. The van der Waals surface area contributed by atoms with Gasteiger partial charge in [0.25, 0.3) is 0 Å². The smallest absolute Gasteiger partial charge is 0.229 e. The van der Waals surface area contributed by atoms with E-state index in [1.807, 2.05) is 31.2 Å². The van der Waals surface area contributed by atoms with E-state index >= 15 is 0 Å². The Morgan fingerprint density at radius 1 is 1.30 bits per heavy atom. The normalized spacial score (nSPS) is 16.3. The molecule has 1 aliphatic heterocycles. The number of allylic oxidation sites excluding steroid dienone is 3. The van der Waals surface area contributed by atoms with Gasteiger partial charge in [-0.05, 0) is 49.5 Å². The summed E-state index contributed by atoms with van der Waals surface area (Å²) in [4.78, 5) is 15.9. The fourth-order valence-electron chi connectivity index (χ4n) is 3.99. The van der Waals surface area contributed by atoms with Crippen LogP contribution in [0.5, 0.6) is 0 Å². The summed E-state index contributed by atoms with van der Waals surface area (Å²) >= 11 is 1.49. The van der Waals surface area contributed by atoms with E-state index in [4.69, 9.17) is 0 Å². The molecule has 2 heterocycles. The van der Waals surface area contributed by atoms with Crippen LogP contribution in [0.1, 0.15) is 40.0 Å². The van der Waals surface area contributed by atoms with Gasteiger partial charge in [0, 0.05) is 24.5 Å². The Kier molecular flexibility index (Phi) is 6.12. The van der Waals surface area contributed by atoms with Crippen molar-refractivity contribution in [3.05, 3.63) is 74.9 Å². The lowest BCUT2D eigenvalue weighted by Gasteiger charge is -2.28. The number of aryl methyl sites for hydroxylation is 1. The van der Waals surface area contributed by atoms with Gasteiger partial charge in [-0.15, -0.1) is 11.3 Å². The van der Waals surface area contributed by atoms with Crippen LogP contribution in [0.25, 0.3) is 0 Å². The summed E-state index contributed by atoms with van der Waals surface area (Å²) in [5, 5.41) is 13.3. The van der Waals surface area contributed by atoms with E-state index in [0.29, 0.717) is 10.6 Å². The molecular formula is C24H24FN3OS. The first kappa shape index (κ1) is 20.5. The second kappa shape index (κ2) is 8.95. The third-order valence-electron chi connectivity index (χ3n) is 5.56. The Labute approximate surface area is 180 Å². The number of hydrogen-bond donors (Lipinski definition) is 1. The molecule has 1 aromatic carbocycles.